The Morgan fingerprint density at radius 2 is 1.84 bits per heavy atom. The van der Waals surface area contributed by atoms with Crippen LogP contribution in [0.15, 0.2) is 80.3 Å². The summed E-state index contributed by atoms with van der Waals surface area (Å²) < 4.78 is 11.1. The second kappa shape index (κ2) is 8.36. The number of nitrogens with zero attached hydrogens (tertiary/aromatic N) is 2. The predicted octanol–water partition coefficient (Wildman–Crippen LogP) is 4.53. The molecular weight excluding hydrogens is 408 g/mol. The number of furan rings is 2. The van der Waals surface area contributed by atoms with E-state index in [0.29, 0.717) is 28.4 Å². The molecule has 0 aliphatic carbocycles. The van der Waals surface area contributed by atoms with Crippen LogP contribution >= 0.6 is 0 Å². The normalized spacial score (nSPS) is 15.4. The van der Waals surface area contributed by atoms with Gasteiger partial charge in [-0.25, -0.2) is 0 Å². The standard InChI is InChI=1S/C25H18N2O5/c1-15-21(24(29)27(25(30)22(15)13-26)14-20-4-3-11-31-20)12-19-9-10-23(32-19)18-7-5-17(6-8-18)16(2)28/h3-12H,14H2,1-2H3/b21-12+. The first-order chi connectivity index (χ1) is 15.4. The van der Waals surface area contributed by atoms with Crippen LogP contribution in [0.2, 0.25) is 0 Å². The molecule has 0 saturated carbocycles. The van der Waals surface area contributed by atoms with Gasteiger partial charge in [-0.2, -0.15) is 5.26 Å². The second-order valence-corrected chi connectivity index (χ2v) is 7.28. The van der Waals surface area contributed by atoms with Gasteiger partial charge in [-0.3, -0.25) is 19.3 Å². The van der Waals surface area contributed by atoms with Crippen molar-refractivity contribution in [3.63, 3.8) is 0 Å². The molecule has 1 aliphatic rings. The molecule has 0 radical (unpaired) electrons. The maximum absolute atomic E-state index is 13.1. The van der Waals surface area contributed by atoms with Gasteiger partial charge in [0.25, 0.3) is 11.8 Å². The Hall–Kier alpha value is -4.44. The Balaban J connectivity index is 1.68. The molecule has 0 atom stereocenters. The van der Waals surface area contributed by atoms with Crippen molar-refractivity contribution in [2.24, 2.45) is 0 Å². The number of carbonyl (C=O) groups excluding carboxylic acids is 3. The summed E-state index contributed by atoms with van der Waals surface area (Å²) in [4.78, 5) is 38.2. The van der Waals surface area contributed by atoms with Crippen molar-refractivity contribution in [1.29, 1.82) is 5.26 Å². The van der Waals surface area contributed by atoms with E-state index in [1.54, 1.807) is 55.5 Å². The predicted molar refractivity (Wildman–Crippen MR) is 115 cm³/mol. The van der Waals surface area contributed by atoms with Crippen LogP contribution < -0.4 is 0 Å². The average Bonchev–Trinajstić information content (AvgIpc) is 3.47. The third kappa shape index (κ3) is 3.82. The largest absolute Gasteiger partial charge is 0.467 e. The van der Waals surface area contributed by atoms with E-state index in [4.69, 9.17) is 8.83 Å². The zero-order chi connectivity index (χ0) is 22.8. The molecule has 2 amide bonds. The topological polar surface area (TPSA) is 105 Å². The van der Waals surface area contributed by atoms with Gasteiger partial charge < -0.3 is 8.83 Å². The number of amides is 2. The van der Waals surface area contributed by atoms with E-state index in [1.165, 1.54) is 19.3 Å². The highest BCUT2D eigenvalue weighted by atomic mass is 16.3. The summed E-state index contributed by atoms with van der Waals surface area (Å²) in [6.07, 6.45) is 2.97. The van der Waals surface area contributed by atoms with E-state index in [1.807, 2.05) is 6.07 Å². The van der Waals surface area contributed by atoms with Crippen LogP contribution in [0, 0.1) is 11.3 Å². The fourth-order valence-electron chi connectivity index (χ4n) is 3.43. The number of imide groups is 1. The van der Waals surface area contributed by atoms with Crippen LogP contribution in [0.3, 0.4) is 0 Å². The molecule has 0 bridgehead atoms. The summed E-state index contributed by atoms with van der Waals surface area (Å²) in [5.74, 6) is 0.156. The lowest BCUT2D eigenvalue weighted by atomic mass is 9.94. The van der Waals surface area contributed by atoms with Gasteiger partial charge in [0.15, 0.2) is 5.78 Å². The molecule has 32 heavy (non-hydrogen) atoms. The van der Waals surface area contributed by atoms with Crippen molar-refractivity contribution < 1.29 is 23.2 Å². The zero-order valence-electron chi connectivity index (χ0n) is 17.4. The fraction of sp³-hybridized carbons (Fsp3) is 0.120. The molecule has 4 rings (SSSR count). The lowest BCUT2D eigenvalue weighted by Crippen LogP contribution is -2.42. The maximum atomic E-state index is 13.1. The SMILES string of the molecule is CC(=O)c1ccc(-c2ccc(/C=C3/C(=O)N(Cc4ccco4)C(=O)C(C#N)=C3C)o2)cc1. The molecular formula is C25H18N2O5. The van der Waals surface area contributed by atoms with E-state index in [2.05, 4.69) is 0 Å². The Kier molecular flexibility index (Phi) is 5.44. The monoisotopic (exact) mass is 426 g/mol. The Morgan fingerprint density at radius 3 is 2.47 bits per heavy atom. The molecule has 7 heteroatoms. The summed E-state index contributed by atoms with van der Waals surface area (Å²) in [7, 11) is 0. The second-order valence-electron chi connectivity index (χ2n) is 7.28. The summed E-state index contributed by atoms with van der Waals surface area (Å²) >= 11 is 0. The van der Waals surface area contributed by atoms with Gasteiger partial charge in [0.1, 0.15) is 28.9 Å². The van der Waals surface area contributed by atoms with Crippen molar-refractivity contribution >= 4 is 23.7 Å². The Morgan fingerprint density at radius 1 is 1.09 bits per heavy atom. The first kappa shape index (κ1) is 20.8. The molecule has 0 N–H and O–H groups in total. The summed E-state index contributed by atoms with van der Waals surface area (Å²) in [5.41, 5.74) is 1.76. The first-order valence-corrected chi connectivity index (χ1v) is 9.82. The highest BCUT2D eigenvalue weighted by Crippen LogP contribution is 2.30. The minimum atomic E-state index is -0.658. The molecule has 3 heterocycles. The minimum Gasteiger partial charge on any atom is -0.467 e. The first-order valence-electron chi connectivity index (χ1n) is 9.82. The Bertz CT molecular complexity index is 1320. The van der Waals surface area contributed by atoms with Crippen molar-refractivity contribution in [2.45, 2.75) is 20.4 Å². The van der Waals surface area contributed by atoms with Crippen molar-refractivity contribution in [3.05, 3.63) is 88.6 Å². The van der Waals surface area contributed by atoms with Crippen molar-refractivity contribution in [2.75, 3.05) is 0 Å². The maximum Gasteiger partial charge on any atom is 0.272 e. The molecule has 2 aromatic heterocycles. The van der Waals surface area contributed by atoms with Crippen LogP contribution in [0.25, 0.3) is 17.4 Å². The van der Waals surface area contributed by atoms with Gasteiger partial charge in [0.05, 0.1) is 12.8 Å². The number of hydrogen-bond acceptors (Lipinski definition) is 6. The molecule has 0 spiro atoms. The van der Waals surface area contributed by atoms with E-state index in [0.717, 1.165) is 10.5 Å². The van der Waals surface area contributed by atoms with Gasteiger partial charge >= 0.3 is 0 Å². The molecule has 0 saturated heterocycles. The van der Waals surface area contributed by atoms with E-state index in [9.17, 15) is 19.6 Å². The third-order valence-corrected chi connectivity index (χ3v) is 5.21. The van der Waals surface area contributed by atoms with E-state index in [-0.39, 0.29) is 23.5 Å². The number of rotatable bonds is 5. The molecule has 0 fully saturated rings. The van der Waals surface area contributed by atoms with E-state index >= 15 is 0 Å². The van der Waals surface area contributed by atoms with Crippen molar-refractivity contribution in [1.82, 2.24) is 4.90 Å². The van der Waals surface area contributed by atoms with Crippen LogP contribution in [-0.2, 0) is 16.1 Å². The molecule has 0 unspecified atom stereocenters. The van der Waals surface area contributed by atoms with Crippen LogP contribution in [0.5, 0.6) is 0 Å². The fourth-order valence-corrected chi connectivity index (χ4v) is 3.43. The lowest BCUT2D eigenvalue weighted by Gasteiger charge is -2.26. The molecule has 3 aromatic rings. The summed E-state index contributed by atoms with van der Waals surface area (Å²) in [6, 6.07) is 15.6. The summed E-state index contributed by atoms with van der Waals surface area (Å²) in [5, 5.41) is 9.50. The number of benzene rings is 1. The molecule has 7 nitrogen and oxygen atoms in total. The van der Waals surface area contributed by atoms with Crippen molar-refractivity contribution in [3.8, 4) is 17.4 Å². The number of carbonyl (C=O) groups is 3. The zero-order valence-corrected chi connectivity index (χ0v) is 17.4. The summed E-state index contributed by atoms with van der Waals surface area (Å²) in [6.45, 7) is 2.99. The van der Waals surface area contributed by atoms with Gasteiger partial charge in [-0.05, 0) is 49.8 Å². The lowest BCUT2D eigenvalue weighted by molar-refractivity contribution is -0.141. The minimum absolute atomic E-state index is 0.0264. The number of hydrogen-bond donors (Lipinski definition) is 0. The van der Waals surface area contributed by atoms with Gasteiger partial charge in [-0.15, -0.1) is 0 Å². The number of ketones is 1. The van der Waals surface area contributed by atoms with Gasteiger partial charge in [0.2, 0.25) is 0 Å². The number of Topliss-reactive ketones (excluding diaryl/α,β-unsaturated/α-hetero) is 1. The van der Waals surface area contributed by atoms with E-state index < -0.39 is 11.8 Å². The van der Waals surface area contributed by atoms with Gasteiger partial charge in [-0.1, -0.05) is 24.3 Å². The average molecular weight is 426 g/mol. The van der Waals surface area contributed by atoms with Crippen LogP contribution in [0.1, 0.15) is 35.7 Å². The smallest absolute Gasteiger partial charge is 0.272 e. The molecule has 1 aromatic carbocycles. The Labute approximate surface area is 183 Å². The third-order valence-electron chi connectivity index (χ3n) is 5.21. The highest BCUT2D eigenvalue weighted by Gasteiger charge is 2.36. The molecule has 158 valence electrons. The molecule has 1 aliphatic heterocycles. The highest BCUT2D eigenvalue weighted by molar-refractivity contribution is 6.19. The quantitative estimate of drug-likeness (QED) is 0.337. The number of nitriles is 1. The van der Waals surface area contributed by atoms with Crippen LogP contribution in [-0.4, -0.2) is 22.5 Å². The van der Waals surface area contributed by atoms with Gasteiger partial charge in [0, 0.05) is 16.7 Å². The van der Waals surface area contributed by atoms with Crippen LogP contribution in [0.4, 0.5) is 0 Å².